The van der Waals surface area contributed by atoms with Crippen molar-refractivity contribution in [3.63, 3.8) is 0 Å². The Bertz CT molecular complexity index is 1730. The van der Waals surface area contributed by atoms with Crippen LogP contribution in [0.15, 0.2) is 79.3 Å². The highest BCUT2D eigenvalue weighted by molar-refractivity contribution is 5.99. The van der Waals surface area contributed by atoms with E-state index in [-0.39, 0.29) is 17.4 Å². The van der Waals surface area contributed by atoms with E-state index in [9.17, 15) is 14.4 Å². The predicted octanol–water partition coefficient (Wildman–Crippen LogP) is 6.24. The number of carbonyl (C=O) groups is 1. The number of pyridine rings is 1. The fourth-order valence-electron chi connectivity index (χ4n) is 3.93. The lowest BCUT2D eigenvalue weighted by Crippen LogP contribution is -2.21. The van der Waals surface area contributed by atoms with Crippen molar-refractivity contribution in [2.75, 3.05) is 10.6 Å². The van der Waals surface area contributed by atoms with Gasteiger partial charge >= 0.3 is 6.03 Å². The molecule has 0 aliphatic carbocycles. The molecular weight excluding hydrogens is 511 g/mol. The molecule has 5 aromatic rings. The monoisotopic (exact) mass is 536 g/mol. The molecule has 3 heterocycles. The lowest BCUT2D eigenvalue weighted by atomic mass is 10.1. The summed E-state index contributed by atoms with van der Waals surface area (Å²) in [6, 6.07) is 17.6. The molecule has 0 bridgehead atoms. The van der Waals surface area contributed by atoms with Crippen molar-refractivity contribution in [2.45, 2.75) is 19.8 Å². The zero-order valence-electron chi connectivity index (χ0n) is 22.0. The minimum Gasteiger partial charge on any atom is -0.454 e. The number of ether oxygens (including phenoxy) is 1. The zero-order valence-corrected chi connectivity index (χ0v) is 22.0. The van der Waals surface area contributed by atoms with Gasteiger partial charge in [0, 0.05) is 48.9 Å². The quantitative estimate of drug-likeness (QED) is 0.254. The maximum Gasteiger partial charge on any atom is 0.324 e. The number of halogens is 1. The van der Waals surface area contributed by atoms with Crippen molar-refractivity contribution >= 4 is 17.5 Å². The summed E-state index contributed by atoms with van der Waals surface area (Å²) in [4.78, 5) is 17.2. The number of urea groups is 1. The minimum atomic E-state index is -0.655. The molecule has 3 aromatic heterocycles. The van der Waals surface area contributed by atoms with Crippen molar-refractivity contribution in [3.8, 4) is 34.5 Å². The van der Waals surface area contributed by atoms with Crippen LogP contribution in [0.5, 0.6) is 11.5 Å². The van der Waals surface area contributed by atoms with E-state index in [1.165, 1.54) is 18.2 Å². The number of aryl methyl sites for hydroxylation is 1. The van der Waals surface area contributed by atoms with Crippen molar-refractivity contribution < 1.29 is 13.9 Å². The van der Waals surface area contributed by atoms with Gasteiger partial charge in [-0.15, -0.1) is 0 Å². The number of anilines is 2. The second-order valence-electron chi connectivity index (χ2n) is 9.29. The van der Waals surface area contributed by atoms with E-state index < -0.39 is 11.8 Å². The standard InChI is InChI=1S/C29H25FN8O2/c1-18(2)25-14-28(38(36-25)22-6-4-5-19(11-22)15-31)35-29(39)34-21-7-8-27(24(30)12-21)40-23-9-10-32-26(13-23)20-16-33-37(3)17-20/h4-14,16-18H,1-3H3,(H2,34,35,39). The third kappa shape index (κ3) is 5.81. The highest BCUT2D eigenvalue weighted by Crippen LogP contribution is 2.29. The maximum atomic E-state index is 14.9. The van der Waals surface area contributed by atoms with Gasteiger partial charge in [-0.05, 0) is 42.3 Å². The summed E-state index contributed by atoms with van der Waals surface area (Å²) >= 11 is 0. The summed E-state index contributed by atoms with van der Waals surface area (Å²) in [7, 11) is 1.81. The first-order valence-electron chi connectivity index (χ1n) is 12.4. The smallest absolute Gasteiger partial charge is 0.324 e. The molecule has 0 saturated carbocycles. The van der Waals surface area contributed by atoms with Crippen LogP contribution in [0.25, 0.3) is 16.9 Å². The van der Waals surface area contributed by atoms with Crippen LogP contribution in [0.3, 0.4) is 0 Å². The number of hydrogen-bond donors (Lipinski definition) is 2. The summed E-state index contributed by atoms with van der Waals surface area (Å²) in [5.41, 5.74) is 3.52. The molecule has 0 fully saturated rings. The van der Waals surface area contributed by atoms with Gasteiger partial charge in [0.15, 0.2) is 11.6 Å². The lowest BCUT2D eigenvalue weighted by Gasteiger charge is -2.12. The SMILES string of the molecule is CC(C)c1cc(NC(=O)Nc2ccc(Oc3ccnc(-c4cnn(C)c4)c3)c(F)c2)n(-c2cccc(C#N)c2)n1. The van der Waals surface area contributed by atoms with Crippen LogP contribution in [0, 0.1) is 17.1 Å². The number of nitrogens with one attached hydrogen (secondary N) is 2. The van der Waals surface area contributed by atoms with E-state index in [4.69, 9.17) is 4.74 Å². The molecule has 2 N–H and O–H groups in total. The molecule has 40 heavy (non-hydrogen) atoms. The van der Waals surface area contributed by atoms with Crippen LogP contribution in [0.4, 0.5) is 20.7 Å². The first-order chi connectivity index (χ1) is 19.3. The van der Waals surface area contributed by atoms with Gasteiger partial charge in [-0.3, -0.25) is 15.0 Å². The Hall–Kier alpha value is -5.50. The van der Waals surface area contributed by atoms with E-state index in [2.05, 4.69) is 31.9 Å². The molecular formula is C29H25FN8O2. The molecule has 5 rings (SSSR count). The average Bonchev–Trinajstić information content (AvgIpc) is 3.57. The second-order valence-corrected chi connectivity index (χ2v) is 9.29. The minimum absolute atomic E-state index is 0.00804. The molecule has 0 saturated heterocycles. The molecule has 2 aromatic carbocycles. The van der Waals surface area contributed by atoms with Gasteiger partial charge in [0.25, 0.3) is 0 Å². The van der Waals surface area contributed by atoms with Crippen molar-refractivity contribution in [2.24, 2.45) is 7.05 Å². The number of amides is 2. The molecule has 0 atom stereocenters. The molecule has 200 valence electrons. The number of nitriles is 1. The molecule has 0 unspecified atom stereocenters. The van der Waals surface area contributed by atoms with Crippen LogP contribution in [-0.2, 0) is 7.05 Å². The van der Waals surface area contributed by atoms with Crippen LogP contribution in [0.2, 0.25) is 0 Å². The Balaban J connectivity index is 1.30. The van der Waals surface area contributed by atoms with E-state index in [1.54, 1.807) is 71.3 Å². The van der Waals surface area contributed by atoms with Crippen molar-refractivity contribution in [1.82, 2.24) is 24.5 Å². The number of rotatable bonds is 7. The first-order valence-corrected chi connectivity index (χ1v) is 12.4. The topological polar surface area (TPSA) is 123 Å². The molecule has 2 amide bonds. The Kier molecular flexibility index (Phi) is 7.24. The maximum absolute atomic E-state index is 14.9. The normalized spacial score (nSPS) is 10.8. The summed E-state index contributed by atoms with van der Waals surface area (Å²) in [5, 5.41) is 23.4. The van der Waals surface area contributed by atoms with E-state index >= 15 is 0 Å². The van der Waals surface area contributed by atoms with Gasteiger partial charge < -0.3 is 10.1 Å². The molecule has 0 spiro atoms. The summed E-state index contributed by atoms with van der Waals surface area (Å²) in [6.45, 7) is 3.97. The van der Waals surface area contributed by atoms with E-state index in [0.717, 1.165) is 11.3 Å². The average molecular weight is 537 g/mol. The van der Waals surface area contributed by atoms with Gasteiger partial charge in [-0.25, -0.2) is 13.9 Å². The van der Waals surface area contributed by atoms with Gasteiger partial charge in [0.2, 0.25) is 0 Å². The fourth-order valence-corrected chi connectivity index (χ4v) is 3.93. The second kappa shape index (κ2) is 11.1. The van der Waals surface area contributed by atoms with Crippen molar-refractivity contribution in [1.29, 1.82) is 5.26 Å². The number of nitrogens with zero attached hydrogens (tertiary/aromatic N) is 6. The van der Waals surface area contributed by atoms with Gasteiger partial charge in [0.1, 0.15) is 11.6 Å². The predicted molar refractivity (Wildman–Crippen MR) is 148 cm³/mol. The van der Waals surface area contributed by atoms with Crippen LogP contribution >= 0.6 is 0 Å². The number of aromatic nitrogens is 5. The molecule has 0 aliphatic heterocycles. The molecule has 10 nitrogen and oxygen atoms in total. The Morgan fingerprint density at radius 1 is 1.10 bits per heavy atom. The first kappa shape index (κ1) is 26.1. The Morgan fingerprint density at radius 3 is 2.67 bits per heavy atom. The van der Waals surface area contributed by atoms with Gasteiger partial charge in [0.05, 0.1) is 34.9 Å². The third-order valence-corrected chi connectivity index (χ3v) is 5.93. The number of hydrogen-bond acceptors (Lipinski definition) is 6. The van der Waals surface area contributed by atoms with E-state index in [1.807, 2.05) is 20.0 Å². The number of carbonyl (C=O) groups excluding carboxylic acids is 1. The fraction of sp³-hybridized carbons (Fsp3) is 0.138. The van der Waals surface area contributed by atoms with Crippen LogP contribution < -0.4 is 15.4 Å². The highest BCUT2D eigenvalue weighted by Gasteiger charge is 2.16. The summed E-state index contributed by atoms with van der Waals surface area (Å²) in [5.74, 6) is 0.246. The lowest BCUT2D eigenvalue weighted by molar-refractivity contribution is 0.262. The van der Waals surface area contributed by atoms with Crippen LogP contribution in [0.1, 0.15) is 31.0 Å². The highest BCUT2D eigenvalue weighted by atomic mass is 19.1. The Morgan fingerprint density at radius 2 is 1.95 bits per heavy atom. The number of benzene rings is 2. The summed E-state index contributed by atoms with van der Waals surface area (Å²) in [6.07, 6.45) is 5.07. The van der Waals surface area contributed by atoms with Gasteiger partial charge in [-0.1, -0.05) is 19.9 Å². The Labute approximate surface area is 229 Å². The zero-order chi connectivity index (χ0) is 28.2. The third-order valence-electron chi connectivity index (χ3n) is 5.93. The largest absolute Gasteiger partial charge is 0.454 e. The van der Waals surface area contributed by atoms with Crippen molar-refractivity contribution in [3.05, 3.63) is 96.3 Å². The van der Waals surface area contributed by atoms with Gasteiger partial charge in [-0.2, -0.15) is 15.5 Å². The molecule has 0 radical (unpaired) electrons. The van der Waals surface area contributed by atoms with E-state index in [0.29, 0.717) is 28.5 Å². The van der Waals surface area contributed by atoms with Crippen LogP contribution in [-0.4, -0.2) is 30.6 Å². The molecule has 0 aliphatic rings. The summed E-state index contributed by atoms with van der Waals surface area (Å²) < 4.78 is 23.9. The molecule has 11 heteroatoms.